The fourth-order valence-electron chi connectivity index (χ4n) is 2.47. The Labute approximate surface area is 129 Å². The minimum atomic E-state index is 0.642. The average Bonchev–Trinajstić information content (AvgIpc) is 2.56. The predicted molar refractivity (Wildman–Crippen MR) is 84.5 cm³/mol. The molecular weight excluding hydrogens is 288 g/mol. The van der Waals surface area contributed by atoms with Gasteiger partial charge in [-0.25, -0.2) is 9.97 Å². The minimum Gasteiger partial charge on any atom is -0.495 e. The Bertz CT molecular complexity index is 600. The predicted octanol–water partition coefficient (Wildman–Crippen LogP) is 2.47. The molecule has 6 heteroatoms. The summed E-state index contributed by atoms with van der Waals surface area (Å²) in [6.07, 6.45) is 3.55. The number of ether oxygens (including phenoxy) is 1. The normalized spacial score (nSPS) is 15.1. The van der Waals surface area contributed by atoms with Crippen molar-refractivity contribution in [2.24, 2.45) is 0 Å². The van der Waals surface area contributed by atoms with E-state index in [0.29, 0.717) is 10.8 Å². The molecule has 0 bridgehead atoms. The number of anilines is 2. The summed E-state index contributed by atoms with van der Waals surface area (Å²) in [5, 5.41) is 0.642. The topological polar surface area (TPSA) is 41.5 Å². The zero-order valence-electron chi connectivity index (χ0n) is 11.9. The van der Waals surface area contributed by atoms with Crippen molar-refractivity contribution in [3.63, 3.8) is 0 Å². The van der Waals surface area contributed by atoms with Crippen LogP contribution >= 0.6 is 11.6 Å². The molecule has 0 aliphatic carbocycles. The van der Waals surface area contributed by atoms with E-state index in [1.807, 2.05) is 24.3 Å². The maximum absolute atomic E-state index is 6.19. The van der Waals surface area contributed by atoms with E-state index in [2.05, 4.69) is 19.8 Å². The van der Waals surface area contributed by atoms with E-state index < -0.39 is 0 Å². The molecule has 110 valence electrons. The Balaban J connectivity index is 1.67. The first kappa shape index (κ1) is 13.9. The van der Waals surface area contributed by atoms with Crippen LogP contribution in [0, 0.1) is 0 Å². The molecule has 1 aromatic carbocycles. The molecule has 1 aliphatic heterocycles. The van der Waals surface area contributed by atoms with Crippen molar-refractivity contribution in [3.8, 4) is 5.75 Å². The second kappa shape index (κ2) is 6.18. The van der Waals surface area contributed by atoms with Crippen LogP contribution in [0.1, 0.15) is 0 Å². The van der Waals surface area contributed by atoms with E-state index in [9.17, 15) is 0 Å². The van der Waals surface area contributed by atoms with Crippen molar-refractivity contribution in [3.05, 3.63) is 41.7 Å². The first-order valence-corrected chi connectivity index (χ1v) is 7.26. The Morgan fingerprint density at radius 1 is 1.05 bits per heavy atom. The van der Waals surface area contributed by atoms with Gasteiger partial charge in [-0.2, -0.15) is 0 Å². The molecule has 2 aromatic rings. The van der Waals surface area contributed by atoms with Gasteiger partial charge in [0.1, 0.15) is 5.75 Å². The highest BCUT2D eigenvalue weighted by atomic mass is 35.5. The Morgan fingerprint density at radius 2 is 1.71 bits per heavy atom. The number of methoxy groups -OCH3 is 1. The monoisotopic (exact) mass is 304 g/mol. The first-order valence-electron chi connectivity index (χ1n) is 6.88. The maximum atomic E-state index is 6.19. The largest absolute Gasteiger partial charge is 0.495 e. The van der Waals surface area contributed by atoms with Crippen molar-refractivity contribution in [1.82, 2.24) is 9.97 Å². The smallest absolute Gasteiger partial charge is 0.225 e. The second-order valence-corrected chi connectivity index (χ2v) is 5.25. The van der Waals surface area contributed by atoms with Crippen molar-refractivity contribution >= 4 is 23.2 Å². The zero-order valence-corrected chi connectivity index (χ0v) is 12.6. The molecule has 0 saturated carbocycles. The summed E-state index contributed by atoms with van der Waals surface area (Å²) < 4.78 is 5.19. The van der Waals surface area contributed by atoms with Gasteiger partial charge in [-0.15, -0.1) is 0 Å². The molecule has 1 saturated heterocycles. The third-order valence-electron chi connectivity index (χ3n) is 3.62. The third-order valence-corrected chi connectivity index (χ3v) is 3.91. The van der Waals surface area contributed by atoms with Crippen LogP contribution in [-0.4, -0.2) is 43.3 Å². The summed E-state index contributed by atoms with van der Waals surface area (Å²) >= 11 is 6.19. The number of nitrogens with zero attached hydrogens (tertiary/aromatic N) is 4. The van der Waals surface area contributed by atoms with Crippen molar-refractivity contribution < 1.29 is 4.74 Å². The highest BCUT2D eigenvalue weighted by molar-refractivity contribution is 6.32. The van der Waals surface area contributed by atoms with Gasteiger partial charge in [-0.3, -0.25) is 0 Å². The van der Waals surface area contributed by atoms with Gasteiger partial charge in [0, 0.05) is 44.3 Å². The van der Waals surface area contributed by atoms with E-state index >= 15 is 0 Å². The molecule has 0 amide bonds. The van der Waals surface area contributed by atoms with Gasteiger partial charge in [0.25, 0.3) is 0 Å². The van der Waals surface area contributed by atoms with Crippen LogP contribution in [0.5, 0.6) is 5.75 Å². The Morgan fingerprint density at radius 3 is 2.33 bits per heavy atom. The lowest BCUT2D eigenvalue weighted by molar-refractivity contribution is 0.415. The number of halogens is 1. The van der Waals surface area contributed by atoms with Crippen LogP contribution < -0.4 is 14.5 Å². The lowest BCUT2D eigenvalue weighted by Crippen LogP contribution is -2.47. The molecule has 0 radical (unpaired) electrons. The number of hydrogen-bond acceptors (Lipinski definition) is 5. The fourth-order valence-corrected chi connectivity index (χ4v) is 2.72. The molecule has 5 nitrogen and oxygen atoms in total. The van der Waals surface area contributed by atoms with E-state index in [4.69, 9.17) is 16.3 Å². The summed E-state index contributed by atoms with van der Waals surface area (Å²) in [5.41, 5.74) is 1.12. The lowest BCUT2D eigenvalue weighted by atomic mass is 10.2. The molecule has 1 aromatic heterocycles. The van der Waals surface area contributed by atoms with Crippen LogP contribution in [0.15, 0.2) is 36.7 Å². The van der Waals surface area contributed by atoms with Gasteiger partial charge in [-0.1, -0.05) is 11.6 Å². The second-order valence-electron chi connectivity index (χ2n) is 4.84. The minimum absolute atomic E-state index is 0.642. The van der Waals surface area contributed by atoms with Gasteiger partial charge in [0.15, 0.2) is 0 Å². The van der Waals surface area contributed by atoms with Crippen LogP contribution in [0.25, 0.3) is 0 Å². The number of aromatic nitrogens is 2. The average molecular weight is 305 g/mol. The summed E-state index contributed by atoms with van der Waals surface area (Å²) in [4.78, 5) is 13.1. The van der Waals surface area contributed by atoms with Gasteiger partial charge < -0.3 is 14.5 Å². The Hall–Kier alpha value is -2.01. The van der Waals surface area contributed by atoms with Crippen LogP contribution in [0.2, 0.25) is 5.02 Å². The van der Waals surface area contributed by atoms with Gasteiger partial charge in [0.2, 0.25) is 5.95 Å². The Kier molecular flexibility index (Phi) is 4.10. The molecule has 2 heterocycles. The summed E-state index contributed by atoms with van der Waals surface area (Å²) in [6.45, 7) is 3.63. The zero-order chi connectivity index (χ0) is 14.7. The molecule has 0 unspecified atom stereocenters. The number of rotatable bonds is 3. The number of hydrogen-bond donors (Lipinski definition) is 0. The summed E-state index contributed by atoms with van der Waals surface area (Å²) in [7, 11) is 1.62. The van der Waals surface area contributed by atoms with Crippen molar-refractivity contribution in [2.75, 3.05) is 43.1 Å². The molecule has 0 N–H and O–H groups in total. The highest BCUT2D eigenvalue weighted by Crippen LogP contribution is 2.29. The third kappa shape index (κ3) is 3.03. The van der Waals surface area contributed by atoms with E-state index in [1.165, 1.54) is 0 Å². The van der Waals surface area contributed by atoms with Crippen molar-refractivity contribution in [2.45, 2.75) is 0 Å². The van der Waals surface area contributed by atoms with E-state index in [1.54, 1.807) is 19.5 Å². The lowest BCUT2D eigenvalue weighted by Gasteiger charge is -2.36. The molecule has 21 heavy (non-hydrogen) atoms. The summed E-state index contributed by atoms with van der Waals surface area (Å²) in [5.74, 6) is 1.50. The standard InChI is InChI=1S/C15H17ClN4O/c1-21-14-4-3-12(11-13(14)16)19-7-9-20(10-8-19)15-17-5-2-6-18-15/h2-6,11H,7-10H2,1H3. The first-order chi connectivity index (χ1) is 10.3. The van der Waals surface area contributed by atoms with Crippen molar-refractivity contribution in [1.29, 1.82) is 0 Å². The van der Waals surface area contributed by atoms with E-state index in [-0.39, 0.29) is 0 Å². The molecule has 1 fully saturated rings. The number of benzene rings is 1. The van der Waals surface area contributed by atoms with Gasteiger partial charge in [0.05, 0.1) is 12.1 Å². The van der Waals surface area contributed by atoms with E-state index in [0.717, 1.165) is 37.8 Å². The molecule has 0 atom stereocenters. The highest BCUT2D eigenvalue weighted by Gasteiger charge is 2.19. The molecule has 1 aliphatic rings. The maximum Gasteiger partial charge on any atom is 0.225 e. The van der Waals surface area contributed by atoms with Gasteiger partial charge >= 0.3 is 0 Å². The quantitative estimate of drug-likeness (QED) is 0.871. The number of piperazine rings is 1. The molecule has 0 spiro atoms. The van der Waals surface area contributed by atoms with Crippen LogP contribution in [0.4, 0.5) is 11.6 Å². The summed E-state index contributed by atoms with van der Waals surface area (Å²) in [6, 6.07) is 7.73. The molecular formula is C15H17ClN4O. The van der Waals surface area contributed by atoms with Crippen LogP contribution in [0.3, 0.4) is 0 Å². The van der Waals surface area contributed by atoms with Gasteiger partial charge in [-0.05, 0) is 24.3 Å². The molecule has 3 rings (SSSR count). The SMILES string of the molecule is COc1ccc(N2CCN(c3ncccn3)CC2)cc1Cl. The van der Waals surface area contributed by atoms with Crippen LogP contribution in [-0.2, 0) is 0 Å². The fraction of sp³-hybridized carbons (Fsp3) is 0.333.